The lowest BCUT2D eigenvalue weighted by molar-refractivity contribution is -0.00210. The quantitative estimate of drug-likeness (QED) is 0.860. The molecule has 20 heavy (non-hydrogen) atoms. The van der Waals surface area contributed by atoms with E-state index in [9.17, 15) is 0 Å². The third-order valence-corrected chi connectivity index (χ3v) is 4.19. The Bertz CT molecular complexity index is 390. The molecule has 0 spiro atoms. The van der Waals surface area contributed by atoms with Crippen LogP contribution in [0.25, 0.3) is 0 Å². The minimum Gasteiger partial charge on any atom is -0.497 e. The summed E-state index contributed by atoms with van der Waals surface area (Å²) < 4.78 is 11.0. The fourth-order valence-electron chi connectivity index (χ4n) is 2.89. The van der Waals surface area contributed by atoms with Gasteiger partial charge in [-0.2, -0.15) is 0 Å². The topological polar surface area (TPSA) is 30.5 Å². The summed E-state index contributed by atoms with van der Waals surface area (Å²) in [5.41, 5.74) is 1.34. The minimum atomic E-state index is 0.418. The van der Waals surface area contributed by atoms with Gasteiger partial charge in [0.05, 0.1) is 13.2 Å². The van der Waals surface area contributed by atoms with Crippen molar-refractivity contribution in [1.29, 1.82) is 0 Å². The molecule has 1 heterocycles. The molecule has 0 aromatic heterocycles. The van der Waals surface area contributed by atoms with Crippen LogP contribution in [-0.2, 0) is 4.74 Å². The highest BCUT2D eigenvalue weighted by Gasteiger charge is 2.23. The van der Waals surface area contributed by atoms with Crippen molar-refractivity contribution in [3.05, 3.63) is 29.8 Å². The summed E-state index contributed by atoms with van der Waals surface area (Å²) in [5, 5.41) is 3.80. The SMILES string of the molecule is CCC1CC(NC(CC)c2ccc(OC)cc2)CCO1. The summed E-state index contributed by atoms with van der Waals surface area (Å²) in [7, 11) is 1.71. The first kappa shape index (κ1) is 15.3. The van der Waals surface area contributed by atoms with E-state index >= 15 is 0 Å². The molecule has 1 fully saturated rings. The minimum absolute atomic E-state index is 0.418. The van der Waals surface area contributed by atoms with Gasteiger partial charge in [-0.05, 0) is 43.4 Å². The van der Waals surface area contributed by atoms with Crippen LogP contribution in [-0.4, -0.2) is 25.9 Å². The molecule has 0 aliphatic carbocycles. The van der Waals surface area contributed by atoms with Crippen molar-refractivity contribution in [3.63, 3.8) is 0 Å². The predicted molar refractivity (Wildman–Crippen MR) is 82.2 cm³/mol. The highest BCUT2D eigenvalue weighted by molar-refractivity contribution is 5.29. The fraction of sp³-hybridized carbons (Fsp3) is 0.647. The van der Waals surface area contributed by atoms with Gasteiger partial charge >= 0.3 is 0 Å². The third kappa shape index (κ3) is 3.97. The Morgan fingerprint density at radius 2 is 2.05 bits per heavy atom. The van der Waals surface area contributed by atoms with Crippen LogP contribution in [0.5, 0.6) is 5.75 Å². The zero-order valence-electron chi connectivity index (χ0n) is 12.9. The predicted octanol–water partition coefficient (Wildman–Crippen LogP) is 3.69. The third-order valence-electron chi connectivity index (χ3n) is 4.19. The van der Waals surface area contributed by atoms with E-state index in [2.05, 4.69) is 31.3 Å². The first-order valence-corrected chi connectivity index (χ1v) is 7.78. The van der Waals surface area contributed by atoms with Crippen LogP contribution in [0, 0.1) is 0 Å². The molecule has 1 saturated heterocycles. The summed E-state index contributed by atoms with van der Waals surface area (Å²) in [6, 6.07) is 9.40. The van der Waals surface area contributed by atoms with Gasteiger partial charge in [-0.15, -0.1) is 0 Å². The molecule has 1 aromatic carbocycles. The average molecular weight is 277 g/mol. The number of benzene rings is 1. The lowest BCUT2D eigenvalue weighted by Crippen LogP contribution is -2.40. The molecule has 0 saturated carbocycles. The zero-order valence-corrected chi connectivity index (χ0v) is 12.9. The number of nitrogens with one attached hydrogen (secondary N) is 1. The Morgan fingerprint density at radius 3 is 2.65 bits per heavy atom. The molecule has 112 valence electrons. The normalized spacial score (nSPS) is 24.4. The van der Waals surface area contributed by atoms with Crippen molar-refractivity contribution >= 4 is 0 Å². The molecular weight excluding hydrogens is 250 g/mol. The van der Waals surface area contributed by atoms with E-state index in [1.807, 2.05) is 12.1 Å². The average Bonchev–Trinajstić information content (AvgIpc) is 2.53. The van der Waals surface area contributed by atoms with Gasteiger partial charge in [-0.3, -0.25) is 0 Å². The standard InChI is InChI=1S/C17H27NO2/c1-4-15-12-14(10-11-20-15)18-17(5-2)13-6-8-16(19-3)9-7-13/h6-9,14-15,17-18H,4-5,10-12H2,1-3H3. The van der Waals surface area contributed by atoms with Crippen LogP contribution in [0.1, 0.15) is 51.1 Å². The highest BCUT2D eigenvalue weighted by atomic mass is 16.5. The number of rotatable bonds is 6. The van der Waals surface area contributed by atoms with Gasteiger partial charge in [0.15, 0.2) is 0 Å². The van der Waals surface area contributed by atoms with Crippen LogP contribution < -0.4 is 10.1 Å². The summed E-state index contributed by atoms with van der Waals surface area (Å²) in [6.45, 7) is 5.32. The Morgan fingerprint density at radius 1 is 1.30 bits per heavy atom. The molecule has 3 unspecified atom stereocenters. The van der Waals surface area contributed by atoms with Gasteiger partial charge in [-0.25, -0.2) is 0 Å². The monoisotopic (exact) mass is 277 g/mol. The Kier molecular flexibility index (Phi) is 5.86. The van der Waals surface area contributed by atoms with Crippen molar-refractivity contribution in [3.8, 4) is 5.75 Å². The summed E-state index contributed by atoms with van der Waals surface area (Å²) in [5.74, 6) is 0.917. The van der Waals surface area contributed by atoms with Crippen LogP contribution >= 0.6 is 0 Å². The Hall–Kier alpha value is -1.06. The number of hydrogen-bond donors (Lipinski definition) is 1. The van der Waals surface area contributed by atoms with Crippen molar-refractivity contribution in [2.75, 3.05) is 13.7 Å². The van der Waals surface area contributed by atoms with Crippen molar-refractivity contribution in [2.45, 2.75) is 57.7 Å². The van der Waals surface area contributed by atoms with E-state index in [1.54, 1.807) is 7.11 Å². The fourth-order valence-corrected chi connectivity index (χ4v) is 2.89. The van der Waals surface area contributed by atoms with E-state index < -0.39 is 0 Å². The zero-order chi connectivity index (χ0) is 14.4. The molecule has 2 rings (SSSR count). The van der Waals surface area contributed by atoms with E-state index in [0.717, 1.165) is 38.0 Å². The molecule has 1 aliphatic heterocycles. The van der Waals surface area contributed by atoms with Gasteiger partial charge in [0.2, 0.25) is 0 Å². The van der Waals surface area contributed by atoms with Gasteiger partial charge in [-0.1, -0.05) is 26.0 Å². The van der Waals surface area contributed by atoms with E-state index in [-0.39, 0.29) is 0 Å². The molecule has 1 aliphatic rings. The van der Waals surface area contributed by atoms with E-state index in [0.29, 0.717) is 18.2 Å². The highest BCUT2D eigenvalue weighted by Crippen LogP contribution is 2.24. The first-order chi connectivity index (χ1) is 9.76. The maximum absolute atomic E-state index is 5.75. The number of methoxy groups -OCH3 is 1. The molecule has 1 N–H and O–H groups in total. The smallest absolute Gasteiger partial charge is 0.118 e. The van der Waals surface area contributed by atoms with Crippen LogP contribution in [0.3, 0.4) is 0 Å². The van der Waals surface area contributed by atoms with E-state index in [4.69, 9.17) is 9.47 Å². The van der Waals surface area contributed by atoms with Gasteiger partial charge in [0.25, 0.3) is 0 Å². The molecule has 0 radical (unpaired) electrons. The molecule has 0 bridgehead atoms. The lowest BCUT2D eigenvalue weighted by atomic mass is 9.97. The second kappa shape index (κ2) is 7.65. The molecule has 3 atom stereocenters. The molecule has 3 nitrogen and oxygen atoms in total. The maximum atomic E-state index is 5.75. The van der Waals surface area contributed by atoms with Gasteiger partial charge < -0.3 is 14.8 Å². The van der Waals surface area contributed by atoms with Crippen molar-refractivity contribution < 1.29 is 9.47 Å². The summed E-state index contributed by atoms with van der Waals surface area (Å²) >= 11 is 0. The molecule has 3 heteroatoms. The van der Waals surface area contributed by atoms with Crippen LogP contribution in [0.15, 0.2) is 24.3 Å². The van der Waals surface area contributed by atoms with Gasteiger partial charge in [0, 0.05) is 18.7 Å². The Labute approximate surface area is 122 Å². The second-order valence-corrected chi connectivity index (χ2v) is 5.52. The summed E-state index contributed by atoms with van der Waals surface area (Å²) in [4.78, 5) is 0. The van der Waals surface area contributed by atoms with Crippen molar-refractivity contribution in [2.24, 2.45) is 0 Å². The molecule has 0 amide bonds. The number of hydrogen-bond acceptors (Lipinski definition) is 3. The molecule has 1 aromatic rings. The van der Waals surface area contributed by atoms with E-state index in [1.165, 1.54) is 5.56 Å². The maximum Gasteiger partial charge on any atom is 0.118 e. The summed E-state index contributed by atoms with van der Waals surface area (Å²) in [6.07, 6.45) is 4.87. The van der Waals surface area contributed by atoms with Crippen LogP contribution in [0.4, 0.5) is 0 Å². The van der Waals surface area contributed by atoms with Crippen molar-refractivity contribution in [1.82, 2.24) is 5.32 Å². The second-order valence-electron chi connectivity index (χ2n) is 5.52. The van der Waals surface area contributed by atoms with Crippen LogP contribution in [0.2, 0.25) is 0 Å². The number of ether oxygens (including phenoxy) is 2. The molecular formula is C17H27NO2. The largest absolute Gasteiger partial charge is 0.497 e. The Balaban J connectivity index is 1.97. The lowest BCUT2D eigenvalue weighted by Gasteiger charge is -2.32. The first-order valence-electron chi connectivity index (χ1n) is 7.78. The van der Waals surface area contributed by atoms with Gasteiger partial charge in [0.1, 0.15) is 5.75 Å².